The SMILES string of the molecule is CCCCCCO[SH]=O.[NaH]. The normalized spacial score (nSPS) is 8.90. The Hall–Kier alpha value is 1.11. The fourth-order valence-electron chi connectivity index (χ4n) is 0.631. The molecule has 0 aliphatic carbocycles. The summed E-state index contributed by atoms with van der Waals surface area (Å²) < 4.78 is 14.3. The molecule has 0 bridgehead atoms. The molecule has 0 fully saturated rings. The standard InChI is InChI=1S/C6H14O2S.Na.H/c1-2-3-4-5-6-8-9-7;;/h9H,2-6H2,1H3;;. The maximum absolute atomic E-state index is 9.71. The molecular formula is C6H15NaO2S. The van der Waals surface area contributed by atoms with E-state index in [-0.39, 0.29) is 41.5 Å². The van der Waals surface area contributed by atoms with Crippen molar-refractivity contribution in [2.45, 2.75) is 32.6 Å². The summed E-state index contributed by atoms with van der Waals surface area (Å²) in [5.74, 6) is 0. The van der Waals surface area contributed by atoms with Crippen molar-refractivity contribution < 1.29 is 8.39 Å². The molecule has 0 saturated heterocycles. The molecule has 0 aromatic carbocycles. The Morgan fingerprint density at radius 3 is 2.50 bits per heavy atom. The van der Waals surface area contributed by atoms with E-state index < -0.39 is 0 Å². The molecule has 0 radical (unpaired) electrons. The van der Waals surface area contributed by atoms with E-state index in [2.05, 4.69) is 11.1 Å². The van der Waals surface area contributed by atoms with Crippen molar-refractivity contribution in [2.24, 2.45) is 0 Å². The summed E-state index contributed by atoms with van der Waals surface area (Å²) in [5.41, 5.74) is 0. The predicted molar refractivity (Wildman–Crippen MR) is 46.8 cm³/mol. The summed E-state index contributed by atoms with van der Waals surface area (Å²) in [6, 6.07) is 0. The predicted octanol–water partition coefficient (Wildman–Crippen LogP) is 0.795. The average molecular weight is 174 g/mol. The molecule has 0 aromatic heterocycles. The van der Waals surface area contributed by atoms with Crippen LogP contribution >= 0.6 is 0 Å². The van der Waals surface area contributed by atoms with Gasteiger partial charge in [0, 0.05) is 0 Å². The third-order valence-electron chi connectivity index (χ3n) is 1.14. The molecule has 10 heavy (non-hydrogen) atoms. The van der Waals surface area contributed by atoms with E-state index in [1.807, 2.05) is 0 Å². The second-order valence-corrected chi connectivity index (χ2v) is 2.38. The average Bonchev–Trinajstić information content (AvgIpc) is 1.89. The van der Waals surface area contributed by atoms with Crippen LogP contribution in [0.1, 0.15) is 32.6 Å². The quantitative estimate of drug-likeness (QED) is 0.366. The first-order chi connectivity index (χ1) is 4.41. The molecule has 0 saturated carbocycles. The summed E-state index contributed by atoms with van der Waals surface area (Å²) in [5, 5.41) is 0. The number of thiol groups is 1. The van der Waals surface area contributed by atoms with Crippen LogP contribution in [0.15, 0.2) is 0 Å². The van der Waals surface area contributed by atoms with Crippen LogP contribution in [0.3, 0.4) is 0 Å². The Morgan fingerprint density at radius 2 is 2.00 bits per heavy atom. The number of hydrogen-bond donors (Lipinski definition) is 1. The van der Waals surface area contributed by atoms with Gasteiger partial charge in [-0.3, -0.25) is 4.18 Å². The van der Waals surface area contributed by atoms with E-state index in [0.717, 1.165) is 6.42 Å². The van der Waals surface area contributed by atoms with Gasteiger partial charge in [0.1, 0.15) is 11.9 Å². The maximum atomic E-state index is 9.71. The van der Waals surface area contributed by atoms with E-state index in [9.17, 15) is 4.21 Å². The van der Waals surface area contributed by atoms with Crippen molar-refractivity contribution in [2.75, 3.05) is 6.61 Å². The summed E-state index contributed by atoms with van der Waals surface area (Å²) in [7, 11) is 0. The second kappa shape index (κ2) is 12.8. The molecule has 0 amide bonds. The topological polar surface area (TPSA) is 26.3 Å². The first-order valence-corrected chi connectivity index (χ1v) is 4.09. The van der Waals surface area contributed by atoms with Gasteiger partial charge in [0.05, 0.1) is 6.61 Å². The first-order valence-electron chi connectivity index (χ1n) is 3.36. The van der Waals surface area contributed by atoms with Crippen LogP contribution < -0.4 is 0 Å². The van der Waals surface area contributed by atoms with Crippen molar-refractivity contribution in [3.8, 4) is 0 Å². The Kier molecular flexibility index (Phi) is 17.5. The Labute approximate surface area is 88.7 Å². The van der Waals surface area contributed by atoms with Crippen LogP contribution in [-0.4, -0.2) is 40.4 Å². The van der Waals surface area contributed by atoms with Crippen LogP contribution in [0.25, 0.3) is 0 Å². The zero-order chi connectivity index (χ0) is 6.95. The number of unbranched alkanes of at least 4 members (excludes halogenated alkanes) is 3. The third-order valence-corrected chi connectivity index (χ3v) is 1.43. The molecule has 0 N–H and O–H groups in total. The van der Waals surface area contributed by atoms with Crippen LogP contribution in [0.2, 0.25) is 0 Å². The molecule has 0 aromatic rings. The molecule has 4 heteroatoms. The molecule has 2 nitrogen and oxygen atoms in total. The molecule has 0 atom stereocenters. The summed E-state index contributed by atoms with van der Waals surface area (Å²) in [6.45, 7) is 2.79. The summed E-state index contributed by atoms with van der Waals surface area (Å²) in [4.78, 5) is 0. The Balaban J connectivity index is 0. The van der Waals surface area contributed by atoms with Crippen LogP contribution in [0.5, 0.6) is 0 Å². The fourth-order valence-corrected chi connectivity index (χ4v) is 0.834. The van der Waals surface area contributed by atoms with Crippen molar-refractivity contribution in [1.29, 1.82) is 0 Å². The van der Waals surface area contributed by atoms with E-state index in [1.54, 1.807) is 0 Å². The van der Waals surface area contributed by atoms with Crippen molar-refractivity contribution in [3.63, 3.8) is 0 Å². The number of rotatable bonds is 6. The monoisotopic (exact) mass is 174 g/mol. The Bertz CT molecular complexity index is 70.8. The van der Waals surface area contributed by atoms with Crippen molar-refractivity contribution in [1.82, 2.24) is 0 Å². The van der Waals surface area contributed by atoms with Crippen molar-refractivity contribution in [3.05, 3.63) is 0 Å². The first kappa shape index (κ1) is 13.7. The van der Waals surface area contributed by atoms with Crippen LogP contribution in [0.4, 0.5) is 0 Å². The van der Waals surface area contributed by atoms with Gasteiger partial charge in [-0.2, -0.15) is 0 Å². The molecular weight excluding hydrogens is 159 g/mol. The minimum atomic E-state index is -0.185. The fraction of sp³-hybridized carbons (Fsp3) is 1.00. The van der Waals surface area contributed by atoms with E-state index in [1.165, 1.54) is 19.3 Å². The van der Waals surface area contributed by atoms with Gasteiger partial charge in [0.15, 0.2) is 0 Å². The van der Waals surface area contributed by atoms with Gasteiger partial charge >= 0.3 is 29.6 Å². The van der Waals surface area contributed by atoms with Crippen molar-refractivity contribution >= 4 is 41.5 Å². The number of hydrogen-bond acceptors (Lipinski definition) is 2. The summed E-state index contributed by atoms with van der Waals surface area (Å²) in [6.07, 6.45) is 4.70. The van der Waals surface area contributed by atoms with Gasteiger partial charge in [0.2, 0.25) is 0 Å². The van der Waals surface area contributed by atoms with E-state index in [0.29, 0.717) is 6.61 Å². The van der Waals surface area contributed by atoms with E-state index in [4.69, 9.17) is 0 Å². The zero-order valence-electron chi connectivity index (χ0n) is 5.80. The second-order valence-electron chi connectivity index (χ2n) is 1.97. The van der Waals surface area contributed by atoms with E-state index >= 15 is 0 Å². The Morgan fingerprint density at radius 1 is 1.30 bits per heavy atom. The molecule has 0 unspecified atom stereocenters. The third kappa shape index (κ3) is 11.9. The minimum absolute atomic E-state index is 0. The molecule has 58 valence electrons. The molecule has 0 aliphatic rings. The van der Waals surface area contributed by atoms with Gasteiger partial charge < -0.3 is 0 Å². The zero-order valence-corrected chi connectivity index (χ0v) is 6.69. The van der Waals surface area contributed by atoms with Gasteiger partial charge in [-0.25, -0.2) is 4.21 Å². The molecule has 0 rings (SSSR count). The van der Waals surface area contributed by atoms with Gasteiger partial charge in [-0.05, 0) is 6.42 Å². The summed E-state index contributed by atoms with van der Waals surface area (Å²) >= 11 is -0.185. The molecule has 0 spiro atoms. The van der Waals surface area contributed by atoms with Crippen LogP contribution in [0, 0.1) is 0 Å². The van der Waals surface area contributed by atoms with Gasteiger partial charge in [-0.1, -0.05) is 26.2 Å². The molecule has 0 aliphatic heterocycles. The van der Waals surface area contributed by atoms with Crippen LogP contribution in [-0.2, 0) is 16.1 Å². The van der Waals surface area contributed by atoms with Gasteiger partial charge in [0.25, 0.3) is 0 Å². The van der Waals surface area contributed by atoms with Gasteiger partial charge in [-0.15, -0.1) is 0 Å². The molecule has 0 heterocycles.